The predicted molar refractivity (Wildman–Crippen MR) is 98.5 cm³/mol. The average molecular weight is 357 g/mol. The van der Waals surface area contributed by atoms with E-state index in [0.717, 1.165) is 26.2 Å². The second-order valence-corrected chi connectivity index (χ2v) is 6.57. The molecule has 24 heavy (non-hydrogen) atoms. The van der Waals surface area contributed by atoms with E-state index in [9.17, 15) is 0 Å². The summed E-state index contributed by atoms with van der Waals surface area (Å²) in [5.74, 6) is 1.20. The molecule has 2 heterocycles. The standard InChI is InChI=1S/C18H13ClN2O2S/c1-22-13-8-7-10-9-11(17(19)21-15(10)16(13)23-2)18-20-12-5-3-4-6-14(12)24-18/h3-9H,1-2H3. The average Bonchev–Trinajstić information content (AvgIpc) is 3.03. The van der Waals surface area contributed by atoms with Crippen LogP contribution in [0.5, 0.6) is 11.5 Å². The molecule has 0 N–H and O–H groups in total. The second kappa shape index (κ2) is 5.92. The molecule has 0 bridgehead atoms. The molecule has 0 aliphatic heterocycles. The zero-order chi connectivity index (χ0) is 16.7. The highest BCUT2D eigenvalue weighted by Gasteiger charge is 2.16. The monoisotopic (exact) mass is 356 g/mol. The van der Waals surface area contributed by atoms with E-state index in [2.05, 4.69) is 9.97 Å². The summed E-state index contributed by atoms with van der Waals surface area (Å²) in [6, 6.07) is 13.8. The lowest BCUT2D eigenvalue weighted by Crippen LogP contribution is -1.94. The molecule has 4 aromatic rings. The Labute approximate surface area is 147 Å². The molecule has 0 fully saturated rings. The van der Waals surface area contributed by atoms with Crippen LogP contribution in [0.2, 0.25) is 5.15 Å². The van der Waals surface area contributed by atoms with Crippen molar-refractivity contribution in [3.8, 4) is 22.1 Å². The Morgan fingerprint density at radius 2 is 1.83 bits per heavy atom. The quantitative estimate of drug-likeness (QED) is 0.474. The Bertz CT molecular complexity index is 1030. The van der Waals surface area contributed by atoms with E-state index in [1.807, 2.05) is 42.5 Å². The van der Waals surface area contributed by atoms with Crippen molar-refractivity contribution in [2.75, 3.05) is 14.2 Å². The van der Waals surface area contributed by atoms with Crippen LogP contribution < -0.4 is 9.47 Å². The van der Waals surface area contributed by atoms with Crippen LogP contribution in [0.15, 0.2) is 42.5 Å². The Morgan fingerprint density at radius 3 is 2.58 bits per heavy atom. The number of para-hydroxylation sites is 1. The van der Waals surface area contributed by atoms with Crippen molar-refractivity contribution in [1.82, 2.24) is 9.97 Å². The number of aromatic nitrogens is 2. The number of thiazole rings is 1. The van der Waals surface area contributed by atoms with Crippen LogP contribution in [0.1, 0.15) is 0 Å². The summed E-state index contributed by atoms with van der Waals surface area (Å²) >= 11 is 8.05. The first-order chi connectivity index (χ1) is 11.7. The molecule has 2 aromatic heterocycles. The third kappa shape index (κ3) is 2.37. The molecule has 0 unspecified atom stereocenters. The van der Waals surface area contributed by atoms with Gasteiger partial charge in [0.05, 0.1) is 24.4 Å². The smallest absolute Gasteiger partial charge is 0.187 e. The minimum Gasteiger partial charge on any atom is -0.493 e. The van der Waals surface area contributed by atoms with Gasteiger partial charge >= 0.3 is 0 Å². The molecule has 4 rings (SSSR count). The first-order valence-electron chi connectivity index (χ1n) is 7.28. The second-order valence-electron chi connectivity index (χ2n) is 5.19. The summed E-state index contributed by atoms with van der Waals surface area (Å²) in [6.07, 6.45) is 0. The SMILES string of the molecule is COc1ccc2cc(-c3nc4ccccc4s3)c(Cl)nc2c1OC. The van der Waals surface area contributed by atoms with Gasteiger partial charge in [0.25, 0.3) is 0 Å². The predicted octanol–water partition coefficient (Wildman–Crippen LogP) is 5.18. The largest absolute Gasteiger partial charge is 0.493 e. The van der Waals surface area contributed by atoms with E-state index >= 15 is 0 Å². The number of halogens is 1. The molecular formula is C18H13ClN2O2S. The van der Waals surface area contributed by atoms with Gasteiger partial charge in [-0.25, -0.2) is 9.97 Å². The zero-order valence-electron chi connectivity index (χ0n) is 13.0. The lowest BCUT2D eigenvalue weighted by Gasteiger charge is -2.11. The number of methoxy groups -OCH3 is 2. The number of benzene rings is 2. The van der Waals surface area contributed by atoms with Gasteiger partial charge in [-0.15, -0.1) is 11.3 Å². The van der Waals surface area contributed by atoms with Crippen LogP contribution in [-0.2, 0) is 0 Å². The summed E-state index contributed by atoms with van der Waals surface area (Å²) < 4.78 is 11.9. The zero-order valence-corrected chi connectivity index (χ0v) is 14.6. The molecule has 0 spiro atoms. The van der Waals surface area contributed by atoms with Gasteiger partial charge in [-0.1, -0.05) is 23.7 Å². The van der Waals surface area contributed by atoms with Crippen LogP contribution in [0.3, 0.4) is 0 Å². The molecular weight excluding hydrogens is 344 g/mol. The molecule has 4 nitrogen and oxygen atoms in total. The minimum atomic E-state index is 0.396. The third-order valence-electron chi connectivity index (χ3n) is 3.81. The molecule has 0 amide bonds. The third-order valence-corrected chi connectivity index (χ3v) is 5.16. The summed E-state index contributed by atoms with van der Waals surface area (Å²) in [5, 5.41) is 2.17. The van der Waals surface area contributed by atoms with Gasteiger partial charge in [0.15, 0.2) is 11.5 Å². The van der Waals surface area contributed by atoms with E-state index in [1.165, 1.54) is 0 Å². The van der Waals surface area contributed by atoms with Crippen molar-refractivity contribution in [3.05, 3.63) is 47.6 Å². The van der Waals surface area contributed by atoms with Crippen molar-refractivity contribution in [1.29, 1.82) is 0 Å². The number of nitrogens with zero attached hydrogens (tertiary/aromatic N) is 2. The van der Waals surface area contributed by atoms with E-state index < -0.39 is 0 Å². The highest BCUT2D eigenvalue weighted by atomic mass is 35.5. The molecule has 0 aliphatic rings. The van der Waals surface area contributed by atoms with E-state index in [1.54, 1.807) is 25.6 Å². The van der Waals surface area contributed by atoms with Crippen molar-refractivity contribution in [2.24, 2.45) is 0 Å². The molecule has 6 heteroatoms. The van der Waals surface area contributed by atoms with E-state index in [4.69, 9.17) is 21.1 Å². The van der Waals surface area contributed by atoms with Crippen LogP contribution in [0.4, 0.5) is 0 Å². The first-order valence-corrected chi connectivity index (χ1v) is 8.48. The van der Waals surface area contributed by atoms with E-state index in [0.29, 0.717) is 22.2 Å². The van der Waals surface area contributed by atoms with Gasteiger partial charge < -0.3 is 9.47 Å². The fourth-order valence-corrected chi connectivity index (χ4v) is 3.94. The van der Waals surface area contributed by atoms with E-state index in [-0.39, 0.29) is 0 Å². The lowest BCUT2D eigenvalue weighted by molar-refractivity contribution is 0.358. The van der Waals surface area contributed by atoms with Crippen LogP contribution >= 0.6 is 22.9 Å². The molecule has 0 radical (unpaired) electrons. The Kier molecular flexibility index (Phi) is 3.75. The van der Waals surface area contributed by atoms with Crippen molar-refractivity contribution in [2.45, 2.75) is 0 Å². The number of hydrogen-bond acceptors (Lipinski definition) is 5. The summed E-state index contributed by atoms with van der Waals surface area (Å²) in [6.45, 7) is 0. The maximum absolute atomic E-state index is 6.45. The van der Waals surface area contributed by atoms with Gasteiger partial charge in [-0.2, -0.15) is 0 Å². The highest BCUT2D eigenvalue weighted by Crippen LogP contribution is 2.39. The number of hydrogen-bond donors (Lipinski definition) is 0. The topological polar surface area (TPSA) is 44.2 Å². The number of rotatable bonds is 3. The van der Waals surface area contributed by atoms with Gasteiger partial charge in [-0.3, -0.25) is 0 Å². The summed E-state index contributed by atoms with van der Waals surface area (Å²) in [5.41, 5.74) is 2.45. The van der Waals surface area contributed by atoms with Crippen LogP contribution in [-0.4, -0.2) is 24.2 Å². The molecule has 0 saturated heterocycles. The number of fused-ring (bicyclic) bond motifs is 2. The maximum Gasteiger partial charge on any atom is 0.187 e. The molecule has 0 atom stereocenters. The van der Waals surface area contributed by atoms with Crippen molar-refractivity contribution in [3.63, 3.8) is 0 Å². The molecule has 2 aromatic carbocycles. The first kappa shape index (κ1) is 15.2. The fourth-order valence-electron chi connectivity index (χ4n) is 2.67. The van der Waals surface area contributed by atoms with Crippen molar-refractivity contribution < 1.29 is 9.47 Å². The normalized spacial score (nSPS) is 11.1. The lowest BCUT2D eigenvalue weighted by atomic mass is 10.1. The summed E-state index contributed by atoms with van der Waals surface area (Å²) in [4.78, 5) is 9.19. The van der Waals surface area contributed by atoms with Crippen molar-refractivity contribution >= 4 is 44.1 Å². The van der Waals surface area contributed by atoms with Gasteiger partial charge in [0, 0.05) is 10.9 Å². The van der Waals surface area contributed by atoms with Gasteiger partial charge in [-0.05, 0) is 30.3 Å². The van der Waals surface area contributed by atoms with Crippen LogP contribution in [0.25, 0.3) is 31.7 Å². The van der Waals surface area contributed by atoms with Gasteiger partial charge in [0.1, 0.15) is 15.7 Å². The van der Waals surface area contributed by atoms with Crippen LogP contribution in [0, 0.1) is 0 Å². The fraction of sp³-hybridized carbons (Fsp3) is 0.111. The number of ether oxygens (including phenoxy) is 2. The highest BCUT2D eigenvalue weighted by molar-refractivity contribution is 7.21. The molecule has 0 aliphatic carbocycles. The minimum absolute atomic E-state index is 0.396. The molecule has 120 valence electrons. The Hall–Kier alpha value is -2.37. The van der Waals surface area contributed by atoms with Gasteiger partial charge in [0.2, 0.25) is 0 Å². The molecule has 0 saturated carbocycles. The Balaban J connectivity index is 1.95. The maximum atomic E-state index is 6.45. The number of pyridine rings is 1. The Morgan fingerprint density at radius 1 is 1.00 bits per heavy atom. The summed E-state index contributed by atoms with van der Waals surface area (Å²) in [7, 11) is 3.19.